The van der Waals surface area contributed by atoms with Crippen molar-refractivity contribution < 1.29 is 9.18 Å². The highest BCUT2D eigenvalue weighted by molar-refractivity contribution is 6.05. The highest BCUT2D eigenvalue weighted by atomic mass is 19.1. The lowest BCUT2D eigenvalue weighted by Gasteiger charge is -2.15. The average Bonchev–Trinajstić information content (AvgIpc) is 3.60. The van der Waals surface area contributed by atoms with Crippen LogP contribution in [-0.2, 0) is 13.1 Å². The fourth-order valence-electron chi connectivity index (χ4n) is 4.36. The quantitative estimate of drug-likeness (QED) is 0.413. The molecule has 1 aliphatic carbocycles. The molecule has 3 aromatic heterocycles. The predicted molar refractivity (Wildman–Crippen MR) is 133 cm³/mol. The average molecular weight is 491 g/mol. The molecule has 0 spiro atoms. The van der Waals surface area contributed by atoms with E-state index >= 15 is 0 Å². The molecule has 10 heteroatoms. The number of nitrogens with one attached hydrogen (secondary N) is 2. The van der Waals surface area contributed by atoms with Gasteiger partial charge in [0.25, 0.3) is 11.5 Å². The van der Waals surface area contributed by atoms with E-state index in [1.54, 1.807) is 42.1 Å². The summed E-state index contributed by atoms with van der Waals surface area (Å²) in [7, 11) is 0. The number of hydrogen-bond acceptors (Lipinski definition) is 5. The van der Waals surface area contributed by atoms with Crippen molar-refractivity contribution in [1.29, 1.82) is 0 Å². The van der Waals surface area contributed by atoms with Crippen LogP contribution in [-0.4, -0.2) is 30.0 Å². The van der Waals surface area contributed by atoms with Crippen LogP contribution in [0.3, 0.4) is 0 Å². The van der Waals surface area contributed by atoms with Gasteiger partial charge in [0.05, 0.1) is 16.6 Å². The molecule has 0 aliphatic heterocycles. The van der Waals surface area contributed by atoms with E-state index in [1.807, 2.05) is 13.8 Å². The van der Waals surface area contributed by atoms with Crippen LogP contribution in [0.1, 0.15) is 60.0 Å². The number of imidazole rings is 1. The van der Waals surface area contributed by atoms with Crippen LogP contribution in [0.5, 0.6) is 0 Å². The molecular weight excluding hydrogens is 463 g/mol. The first-order valence-corrected chi connectivity index (χ1v) is 12.0. The highest BCUT2D eigenvalue weighted by Crippen LogP contribution is 2.40. The predicted octanol–water partition coefficient (Wildman–Crippen LogP) is 3.18. The third-order valence-electron chi connectivity index (χ3n) is 6.31. The maximum absolute atomic E-state index is 14.8. The summed E-state index contributed by atoms with van der Waals surface area (Å²) in [5, 5.41) is 2.87. The summed E-state index contributed by atoms with van der Waals surface area (Å²) in [5.74, 6) is 0.0644. The standard InChI is InChI=1S/C26H27FN6O3/c1-14(2)13-33-23-22(25(35)31-26(33)36)18(11-20(30-23)17-5-6-17)24(34)29-12-16-4-7-21(19(27)10-16)32-9-8-28-15(32)3/h4,7-11,14,17H,5-6,12-13H2,1-3H3,(H,29,34)(H,31,35,36). The smallest absolute Gasteiger partial charge is 0.330 e. The van der Waals surface area contributed by atoms with Gasteiger partial charge in [-0.05, 0) is 49.4 Å². The minimum absolute atomic E-state index is 0.0606. The maximum atomic E-state index is 14.8. The number of hydrogen-bond donors (Lipinski definition) is 2. The summed E-state index contributed by atoms with van der Waals surface area (Å²) in [6.07, 6.45) is 5.16. The molecule has 0 bridgehead atoms. The van der Waals surface area contributed by atoms with Gasteiger partial charge in [-0.25, -0.2) is 19.2 Å². The third-order valence-corrected chi connectivity index (χ3v) is 6.31. The van der Waals surface area contributed by atoms with Gasteiger partial charge in [-0.3, -0.25) is 19.1 Å². The van der Waals surface area contributed by atoms with Crippen LogP contribution in [0, 0.1) is 18.7 Å². The van der Waals surface area contributed by atoms with Crippen molar-refractivity contribution in [2.75, 3.05) is 0 Å². The Kier molecular flexibility index (Phi) is 6.03. The molecule has 5 rings (SSSR count). The van der Waals surface area contributed by atoms with Gasteiger partial charge < -0.3 is 9.88 Å². The Bertz CT molecular complexity index is 1600. The van der Waals surface area contributed by atoms with E-state index in [4.69, 9.17) is 0 Å². The summed E-state index contributed by atoms with van der Waals surface area (Å²) in [5.41, 5.74) is 0.807. The number of benzene rings is 1. The van der Waals surface area contributed by atoms with Gasteiger partial charge >= 0.3 is 5.69 Å². The topological polar surface area (TPSA) is 115 Å². The molecule has 1 saturated carbocycles. The lowest BCUT2D eigenvalue weighted by molar-refractivity contribution is 0.0952. The number of amides is 1. The Morgan fingerprint density at radius 3 is 2.67 bits per heavy atom. The number of aryl methyl sites for hydroxylation is 1. The molecule has 0 atom stereocenters. The molecular formula is C26H27FN6O3. The normalized spacial score (nSPS) is 13.5. The second-order valence-electron chi connectivity index (χ2n) is 9.64. The van der Waals surface area contributed by atoms with Gasteiger partial charge in [0.15, 0.2) is 5.65 Å². The molecule has 3 heterocycles. The minimum atomic E-state index is -0.652. The zero-order chi connectivity index (χ0) is 25.6. The molecule has 1 aromatic carbocycles. The van der Waals surface area contributed by atoms with Gasteiger partial charge in [-0.15, -0.1) is 0 Å². The van der Waals surface area contributed by atoms with Crippen LogP contribution in [0.15, 0.2) is 46.2 Å². The van der Waals surface area contributed by atoms with Gasteiger partial charge in [-0.2, -0.15) is 0 Å². The van der Waals surface area contributed by atoms with Crippen LogP contribution >= 0.6 is 0 Å². The van der Waals surface area contributed by atoms with E-state index in [1.165, 1.54) is 10.6 Å². The molecule has 1 aliphatic rings. The fraction of sp³-hybridized carbons (Fsp3) is 0.346. The molecule has 4 aromatic rings. The lowest BCUT2D eigenvalue weighted by Crippen LogP contribution is -2.34. The first-order valence-electron chi connectivity index (χ1n) is 12.0. The molecule has 1 amide bonds. The Labute approximate surface area is 206 Å². The third kappa shape index (κ3) is 4.46. The van der Waals surface area contributed by atoms with Crippen LogP contribution < -0.4 is 16.6 Å². The lowest BCUT2D eigenvalue weighted by atomic mass is 10.1. The van der Waals surface area contributed by atoms with E-state index in [2.05, 4.69) is 20.3 Å². The molecule has 186 valence electrons. The first-order chi connectivity index (χ1) is 17.2. The van der Waals surface area contributed by atoms with E-state index < -0.39 is 23.0 Å². The number of carbonyl (C=O) groups is 1. The van der Waals surface area contributed by atoms with Gasteiger partial charge in [-0.1, -0.05) is 19.9 Å². The number of rotatable bonds is 7. The van der Waals surface area contributed by atoms with Crippen molar-refractivity contribution in [1.82, 2.24) is 29.4 Å². The van der Waals surface area contributed by atoms with Crippen molar-refractivity contribution in [3.8, 4) is 5.69 Å². The molecule has 36 heavy (non-hydrogen) atoms. The van der Waals surface area contributed by atoms with E-state index in [0.29, 0.717) is 29.3 Å². The monoisotopic (exact) mass is 490 g/mol. The fourth-order valence-corrected chi connectivity index (χ4v) is 4.36. The Morgan fingerprint density at radius 1 is 1.25 bits per heavy atom. The number of halogens is 1. The number of nitrogens with zero attached hydrogens (tertiary/aromatic N) is 4. The van der Waals surface area contributed by atoms with E-state index in [-0.39, 0.29) is 35.0 Å². The van der Waals surface area contributed by atoms with Crippen molar-refractivity contribution in [2.24, 2.45) is 5.92 Å². The number of pyridine rings is 1. The number of aromatic nitrogens is 5. The van der Waals surface area contributed by atoms with E-state index in [9.17, 15) is 18.8 Å². The van der Waals surface area contributed by atoms with Gasteiger partial charge in [0.1, 0.15) is 11.6 Å². The van der Waals surface area contributed by atoms with Gasteiger partial charge in [0.2, 0.25) is 0 Å². The maximum Gasteiger partial charge on any atom is 0.330 e. The highest BCUT2D eigenvalue weighted by Gasteiger charge is 2.29. The number of fused-ring (bicyclic) bond motifs is 1. The SMILES string of the molecule is Cc1nccn1-c1ccc(CNC(=O)c2cc(C3CC3)nc3c2c(=O)[nH]c(=O)n3CC(C)C)cc1F. The van der Waals surface area contributed by atoms with Crippen molar-refractivity contribution in [3.63, 3.8) is 0 Å². The van der Waals surface area contributed by atoms with Crippen molar-refractivity contribution in [2.45, 2.75) is 52.6 Å². The summed E-state index contributed by atoms with van der Waals surface area (Å²) in [6.45, 7) is 6.12. The Balaban J connectivity index is 1.48. The molecule has 0 radical (unpaired) electrons. The van der Waals surface area contributed by atoms with Crippen LogP contribution in [0.2, 0.25) is 0 Å². The largest absolute Gasteiger partial charge is 0.348 e. The number of H-pyrrole nitrogens is 1. The van der Waals surface area contributed by atoms with Crippen LogP contribution in [0.25, 0.3) is 16.7 Å². The first kappa shape index (κ1) is 23.7. The zero-order valence-electron chi connectivity index (χ0n) is 20.3. The Hall–Kier alpha value is -4.08. The second kappa shape index (κ2) is 9.18. The molecule has 0 unspecified atom stereocenters. The minimum Gasteiger partial charge on any atom is -0.348 e. The molecule has 0 saturated heterocycles. The van der Waals surface area contributed by atoms with Crippen molar-refractivity contribution in [3.05, 3.63) is 86.0 Å². The number of carbonyl (C=O) groups excluding carboxylic acids is 1. The summed E-state index contributed by atoms with van der Waals surface area (Å²) >= 11 is 0. The second-order valence-corrected chi connectivity index (χ2v) is 9.64. The van der Waals surface area contributed by atoms with Crippen LogP contribution in [0.4, 0.5) is 4.39 Å². The zero-order valence-corrected chi connectivity index (χ0v) is 20.3. The Morgan fingerprint density at radius 2 is 2.03 bits per heavy atom. The summed E-state index contributed by atoms with van der Waals surface area (Å²) < 4.78 is 17.9. The van der Waals surface area contributed by atoms with Crippen molar-refractivity contribution >= 4 is 16.9 Å². The molecule has 9 nitrogen and oxygen atoms in total. The van der Waals surface area contributed by atoms with E-state index in [0.717, 1.165) is 12.8 Å². The molecule has 2 N–H and O–H groups in total. The summed E-state index contributed by atoms with van der Waals surface area (Å²) in [4.78, 5) is 49.8. The van der Waals surface area contributed by atoms with Gasteiger partial charge in [0, 0.05) is 37.1 Å². The summed E-state index contributed by atoms with van der Waals surface area (Å²) in [6, 6.07) is 6.36. The molecule has 1 fully saturated rings. The number of aromatic amines is 1.